The summed E-state index contributed by atoms with van der Waals surface area (Å²) in [6, 6.07) is -0.265. The summed E-state index contributed by atoms with van der Waals surface area (Å²) < 4.78 is 0. The normalized spacial score (nSPS) is 11.9. The molecule has 0 aliphatic rings. The van der Waals surface area contributed by atoms with Crippen LogP contribution in [0.2, 0.25) is 0 Å². The number of hydrogen-bond acceptors (Lipinski definition) is 4. The highest BCUT2D eigenvalue weighted by molar-refractivity contribution is 7.07. The average Bonchev–Trinajstić information content (AvgIpc) is 2.81. The number of hydrogen-bond donors (Lipinski definition) is 2. The lowest BCUT2D eigenvalue weighted by Gasteiger charge is -2.19. The van der Waals surface area contributed by atoms with Gasteiger partial charge in [0.2, 0.25) is 0 Å². The molecular weight excluding hydrogens is 254 g/mol. The number of thiazole rings is 1. The maximum Gasteiger partial charge on any atom is 0.317 e. The lowest BCUT2D eigenvalue weighted by atomic mass is 10.2. The monoisotopic (exact) mass is 271 g/mol. The summed E-state index contributed by atoms with van der Waals surface area (Å²) in [5.74, 6) is -1.48. The van der Waals surface area contributed by atoms with Crippen molar-refractivity contribution < 1.29 is 14.7 Å². The summed E-state index contributed by atoms with van der Waals surface area (Å²) >= 11 is 1.52. The zero-order valence-electron chi connectivity index (χ0n) is 10.4. The minimum absolute atomic E-state index is 0.192. The molecule has 1 aromatic heterocycles. The molecular formula is C11H17N3O3S. The Labute approximate surface area is 110 Å². The Morgan fingerprint density at radius 3 is 2.89 bits per heavy atom. The average molecular weight is 271 g/mol. The van der Waals surface area contributed by atoms with Gasteiger partial charge in [-0.05, 0) is 0 Å². The van der Waals surface area contributed by atoms with Gasteiger partial charge in [0.25, 0.3) is 0 Å². The van der Waals surface area contributed by atoms with Crippen molar-refractivity contribution in [2.24, 2.45) is 5.92 Å². The maximum absolute atomic E-state index is 11.6. The molecule has 0 saturated heterocycles. The lowest BCUT2D eigenvalue weighted by Crippen LogP contribution is -2.41. The van der Waals surface area contributed by atoms with Crippen LogP contribution in [0.25, 0.3) is 0 Å². The number of urea groups is 1. The number of nitrogens with one attached hydrogen (secondary N) is 1. The van der Waals surface area contributed by atoms with Crippen LogP contribution >= 0.6 is 11.3 Å². The zero-order valence-corrected chi connectivity index (χ0v) is 11.2. The fourth-order valence-corrected chi connectivity index (χ4v) is 1.96. The molecule has 18 heavy (non-hydrogen) atoms. The molecule has 0 saturated carbocycles. The van der Waals surface area contributed by atoms with Gasteiger partial charge in [0.1, 0.15) is 0 Å². The Hall–Kier alpha value is -1.63. The van der Waals surface area contributed by atoms with Crippen LogP contribution in [0, 0.1) is 5.92 Å². The SMILES string of the molecule is CC(CN(C)C(=O)NCCc1cscn1)C(=O)O. The molecule has 0 radical (unpaired) electrons. The predicted octanol–water partition coefficient (Wildman–Crippen LogP) is 1.05. The number of rotatable bonds is 6. The van der Waals surface area contributed by atoms with E-state index < -0.39 is 11.9 Å². The molecule has 0 aromatic carbocycles. The van der Waals surface area contributed by atoms with Crippen LogP contribution in [-0.2, 0) is 11.2 Å². The first-order valence-corrected chi connectivity index (χ1v) is 6.53. The van der Waals surface area contributed by atoms with Crippen LogP contribution in [0.5, 0.6) is 0 Å². The van der Waals surface area contributed by atoms with E-state index in [-0.39, 0.29) is 12.6 Å². The van der Waals surface area contributed by atoms with Crippen molar-refractivity contribution in [3.8, 4) is 0 Å². The minimum atomic E-state index is -0.905. The predicted molar refractivity (Wildman–Crippen MR) is 68.6 cm³/mol. The van der Waals surface area contributed by atoms with Crippen LogP contribution in [0.1, 0.15) is 12.6 Å². The highest BCUT2D eigenvalue weighted by atomic mass is 32.1. The summed E-state index contributed by atoms with van der Waals surface area (Å²) in [6.45, 7) is 2.26. The second-order valence-corrected chi connectivity index (χ2v) is 4.80. The van der Waals surface area contributed by atoms with E-state index >= 15 is 0 Å². The molecule has 7 heteroatoms. The Bertz CT molecular complexity index is 394. The highest BCUT2D eigenvalue weighted by Gasteiger charge is 2.16. The number of carbonyl (C=O) groups excluding carboxylic acids is 1. The summed E-state index contributed by atoms with van der Waals surface area (Å²) in [6.07, 6.45) is 0.678. The fraction of sp³-hybridized carbons (Fsp3) is 0.545. The third-order valence-electron chi connectivity index (χ3n) is 2.46. The van der Waals surface area contributed by atoms with Crippen molar-refractivity contribution in [3.63, 3.8) is 0 Å². The second kappa shape index (κ2) is 6.95. The van der Waals surface area contributed by atoms with Gasteiger partial charge in [-0.2, -0.15) is 0 Å². The Morgan fingerprint density at radius 1 is 1.61 bits per heavy atom. The van der Waals surface area contributed by atoms with Crippen LogP contribution < -0.4 is 5.32 Å². The Balaban J connectivity index is 2.25. The van der Waals surface area contributed by atoms with Gasteiger partial charge in [0, 0.05) is 31.9 Å². The third-order valence-corrected chi connectivity index (χ3v) is 3.09. The molecule has 6 nitrogen and oxygen atoms in total. The van der Waals surface area contributed by atoms with Crippen molar-refractivity contribution >= 4 is 23.3 Å². The van der Waals surface area contributed by atoms with E-state index in [0.717, 1.165) is 5.69 Å². The van der Waals surface area contributed by atoms with E-state index in [1.54, 1.807) is 19.5 Å². The van der Waals surface area contributed by atoms with Gasteiger partial charge in [-0.1, -0.05) is 6.92 Å². The number of aliphatic carboxylic acids is 1. The standard InChI is InChI=1S/C11H17N3O3S/c1-8(10(15)16)5-14(2)11(17)12-4-3-9-6-18-7-13-9/h6-8H,3-5H2,1-2H3,(H,12,17)(H,15,16). The van der Waals surface area contributed by atoms with Crippen molar-refractivity contribution in [1.29, 1.82) is 0 Å². The van der Waals surface area contributed by atoms with E-state index in [9.17, 15) is 9.59 Å². The molecule has 2 amide bonds. The van der Waals surface area contributed by atoms with Crippen LogP contribution in [0.3, 0.4) is 0 Å². The van der Waals surface area contributed by atoms with E-state index in [2.05, 4.69) is 10.3 Å². The molecule has 0 fully saturated rings. The van der Waals surface area contributed by atoms with Gasteiger partial charge < -0.3 is 15.3 Å². The van der Waals surface area contributed by atoms with E-state index in [0.29, 0.717) is 13.0 Å². The molecule has 1 atom stereocenters. The molecule has 1 heterocycles. The van der Waals surface area contributed by atoms with Gasteiger partial charge in [-0.15, -0.1) is 11.3 Å². The number of aromatic nitrogens is 1. The molecule has 1 unspecified atom stereocenters. The topological polar surface area (TPSA) is 82.5 Å². The number of carboxylic acid groups (broad SMARTS) is 1. The van der Waals surface area contributed by atoms with Gasteiger partial charge >= 0.3 is 12.0 Å². The first kappa shape index (κ1) is 14.4. The van der Waals surface area contributed by atoms with E-state index in [1.807, 2.05) is 5.38 Å². The molecule has 100 valence electrons. The van der Waals surface area contributed by atoms with Crippen LogP contribution in [-0.4, -0.2) is 47.1 Å². The smallest absolute Gasteiger partial charge is 0.317 e. The Morgan fingerprint density at radius 2 is 2.33 bits per heavy atom. The fourth-order valence-electron chi connectivity index (χ4n) is 1.37. The van der Waals surface area contributed by atoms with E-state index in [1.165, 1.54) is 16.2 Å². The quantitative estimate of drug-likeness (QED) is 0.810. The highest BCUT2D eigenvalue weighted by Crippen LogP contribution is 2.01. The largest absolute Gasteiger partial charge is 0.481 e. The molecule has 2 N–H and O–H groups in total. The number of carbonyl (C=O) groups is 2. The van der Waals surface area contributed by atoms with Gasteiger partial charge in [-0.3, -0.25) is 4.79 Å². The third kappa shape index (κ3) is 4.70. The summed E-state index contributed by atoms with van der Waals surface area (Å²) in [7, 11) is 1.58. The molecule has 1 rings (SSSR count). The number of carboxylic acids is 1. The summed E-state index contributed by atoms with van der Waals surface area (Å²) in [5.41, 5.74) is 2.69. The van der Waals surface area contributed by atoms with Crippen molar-refractivity contribution in [1.82, 2.24) is 15.2 Å². The Kier molecular flexibility index (Phi) is 5.57. The second-order valence-electron chi connectivity index (χ2n) is 4.08. The lowest BCUT2D eigenvalue weighted by molar-refractivity contribution is -0.141. The first-order valence-electron chi connectivity index (χ1n) is 5.59. The maximum atomic E-state index is 11.6. The number of nitrogens with zero attached hydrogens (tertiary/aromatic N) is 2. The van der Waals surface area contributed by atoms with Gasteiger partial charge in [-0.25, -0.2) is 9.78 Å². The summed E-state index contributed by atoms with van der Waals surface area (Å²) in [5, 5.41) is 13.4. The zero-order chi connectivity index (χ0) is 13.5. The van der Waals surface area contributed by atoms with Crippen LogP contribution in [0.4, 0.5) is 4.79 Å². The van der Waals surface area contributed by atoms with Crippen molar-refractivity contribution in [3.05, 3.63) is 16.6 Å². The molecule has 0 spiro atoms. The van der Waals surface area contributed by atoms with Crippen molar-refractivity contribution in [2.45, 2.75) is 13.3 Å². The van der Waals surface area contributed by atoms with E-state index in [4.69, 9.17) is 5.11 Å². The number of amides is 2. The van der Waals surface area contributed by atoms with Crippen molar-refractivity contribution in [2.75, 3.05) is 20.1 Å². The molecule has 0 aliphatic carbocycles. The molecule has 1 aromatic rings. The van der Waals surface area contributed by atoms with Gasteiger partial charge in [0.15, 0.2) is 0 Å². The molecule has 0 aliphatic heterocycles. The first-order chi connectivity index (χ1) is 8.50. The summed E-state index contributed by atoms with van der Waals surface area (Å²) in [4.78, 5) is 27.8. The van der Waals surface area contributed by atoms with Gasteiger partial charge in [0.05, 0.1) is 17.1 Å². The minimum Gasteiger partial charge on any atom is -0.481 e. The molecule has 0 bridgehead atoms. The van der Waals surface area contributed by atoms with Crippen LogP contribution in [0.15, 0.2) is 10.9 Å².